The first-order valence-electron chi connectivity index (χ1n) is 7.71. The molecule has 1 nitrogen and oxygen atoms in total. The van der Waals surface area contributed by atoms with Gasteiger partial charge in [-0.2, -0.15) is 0 Å². The summed E-state index contributed by atoms with van der Waals surface area (Å²) in [5.41, 5.74) is 5.90. The average Bonchev–Trinajstić information content (AvgIpc) is 2.95. The van der Waals surface area contributed by atoms with Crippen LogP contribution in [0.4, 0.5) is 4.39 Å². The Morgan fingerprint density at radius 2 is 2.09 bits per heavy atom. The topological polar surface area (TPSA) is 12.9 Å². The van der Waals surface area contributed by atoms with Crippen LogP contribution in [-0.2, 0) is 0 Å². The first-order valence-corrected chi connectivity index (χ1v) is 8.97. The maximum absolute atomic E-state index is 13.7. The molecule has 2 aromatic carbocycles. The highest BCUT2D eigenvalue weighted by Gasteiger charge is 2.24. The molecule has 0 unspecified atom stereocenters. The molecular formula is C19H15ClFNS. The molecule has 116 valence electrons. The largest absolute Gasteiger partial charge is 0.245 e. The first kappa shape index (κ1) is 14.9. The summed E-state index contributed by atoms with van der Waals surface area (Å²) < 4.78 is 14.9. The van der Waals surface area contributed by atoms with Crippen LogP contribution in [0, 0.1) is 11.7 Å². The van der Waals surface area contributed by atoms with Crippen molar-refractivity contribution in [3.63, 3.8) is 0 Å². The number of hydrogen-bond acceptors (Lipinski definition) is 2. The van der Waals surface area contributed by atoms with Gasteiger partial charge >= 0.3 is 0 Å². The Balaban J connectivity index is 1.82. The summed E-state index contributed by atoms with van der Waals surface area (Å²) in [5.74, 6) is 0.213. The van der Waals surface area contributed by atoms with E-state index >= 15 is 0 Å². The predicted molar refractivity (Wildman–Crippen MR) is 96.2 cm³/mol. The third kappa shape index (κ3) is 2.91. The molecule has 0 spiro atoms. The van der Waals surface area contributed by atoms with Crippen LogP contribution in [0.5, 0.6) is 0 Å². The lowest BCUT2D eigenvalue weighted by Gasteiger charge is -2.29. The van der Waals surface area contributed by atoms with E-state index in [-0.39, 0.29) is 5.82 Å². The fourth-order valence-electron chi connectivity index (χ4n) is 3.00. The molecule has 0 bridgehead atoms. The lowest BCUT2D eigenvalue weighted by atomic mass is 9.76. The Morgan fingerprint density at radius 3 is 2.87 bits per heavy atom. The van der Waals surface area contributed by atoms with Crippen LogP contribution in [-0.4, -0.2) is 4.98 Å². The van der Waals surface area contributed by atoms with Crippen molar-refractivity contribution in [2.45, 2.75) is 19.3 Å². The van der Waals surface area contributed by atoms with Crippen LogP contribution in [0.1, 0.15) is 30.4 Å². The van der Waals surface area contributed by atoms with E-state index < -0.39 is 0 Å². The molecule has 4 heteroatoms. The summed E-state index contributed by atoms with van der Waals surface area (Å²) in [6, 6.07) is 10.9. The van der Waals surface area contributed by atoms with E-state index in [1.54, 1.807) is 23.5 Å². The Kier molecular flexibility index (Phi) is 3.92. The Bertz CT molecular complexity index is 895. The lowest BCUT2D eigenvalue weighted by Crippen LogP contribution is -2.13. The SMILES string of the molecule is Fc1ccc(Cl)c(/C(=C/c2ccc3scnc3c2)C2CCC2)c1. The summed E-state index contributed by atoms with van der Waals surface area (Å²) in [4.78, 5) is 4.37. The van der Waals surface area contributed by atoms with E-state index in [2.05, 4.69) is 29.3 Å². The van der Waals surface area contributed by atoms with Gasteiger partial charge in [0.1, 0.15) is 5.82 Å². The highest BCUT2D eigenvalue weighted by atomic mass is 35.5. The fourth-order valence-corrected chi connectivity index (χ4v) is 3.88. The number of allylic oxidation sites excluding steroid dienone is 1. The fraction of sp³-hybridized carbons (Fsp3) is 0.211. The number of thiazole rings is 1. The van der Waals surface area contributed by atoms with Gasteiger partial charge in [-0.05, 0) is 65.8 Å². The Labute approximate surface area is 143 Å². The number of halogens is 2. The predicted octanol–water partition coefficient (Wildman–Crippen LogP) is 6.43. The summed E-state index contributed by atoms with van der Waals surface area (Å²) in [6.45, 7) is 0. The molecular weight excluding hydrogens is 329 g/mol. The van der Waals surface area contributed by atoms with E-state index in [1.165, 1.54) is 17.2 Å². The van der Waals surface area contributed by atoms with Crippen molar-refractivity contribution in [3.05, 3.63) is 63.9 Å². The van der Waals surface area contributed by atoms with E-state index in [0.29, 0.717) is 10.9 Å². The lowest BCUT2D eigenvalue weighted by molar-refractivity contribution is 0.401. The Hall–Kier alpha value is -1.71. The molecule has 3 aromatic rings. The molecule has 1 saturated carbocycles. The standard InChI is InChI=1S/C19H15ClFNS/c20-17-6-5-14(21)10-16(17)15(13-2-1-3-13)8-12-4-7-19-18(9-12)22-11-23-19/h4-11,13H,1-3H2/b15-8+. The zero-order valence-electron chi connectivity index (χ0n) is 12.4. The molecule has 0 saturated heterocycles. The van der Waals surface area contributed by atoms with Crippen molar-refractivity contribution in [2.75, 3.05) is 0 Å². The van der Waals surface area contributed by atoms with Crippen molar-refractivity contribution < 1.29 is 4.39 Å². The minimum atomic E-state index is -0.246. The molecule has 0 N–H and O–H groups in total. The first-order chi connectivity index (χ1) is 11.2. The van der Waals surface area contributed by atoms with Gasteiger partial charge in [-0.15, -0.1) is 11.3 Å². The highest BCUT2D eigenvalue weighted by molar-refractivity contribution is 7.16. The van der Waals surface area contributed by atoms with Gasteiger partial charge in [-0.1, -0.05) is 30.2 Å². The number of benzene rings is 2. The van der Waals surface area contributed by atoms with Crippen LogP contribution in [0.25, 0.3) is 21.9 Å². The second-order valence-corrected chi connectivity index (χ2v) is 7.22. The number of hydrogen-bond donors (Lipinski definition) is 0. The number of nitrogens with zero attached hydrogens (tertiary/aromatic N) is 1. The van der Waals surface area contributed by atoms with Crippen molar-refractivity contribution in [1.82, 2.24) is 4.98 Å². The third-order valence-electron chi connectivity index (χ3n) is 4.46. The Morgan fingerprint density at radius 1 is 1.22 bits per heavy atom. The van der Waals surface area contributed by atoms with Gasteiger partial charge in [-0.25, -0.2) is 9.37 Å². The van der Waals surface area contributed by atoms with Gasteiger partial charge in [0.05, 0.1) is 15.7 Å². The maximum atomic E-state index is 13.7. The second kappa shape index (κ2) is 6.06. The van der Waals surface area contributed by atoms with Gasteiger partial charge in [0.2, 0.25) is 0 Å². The quantitative estimate of drug-likeness (QED) is 0.499. The summed E-state index contributed by atoms with van der Waals surface area (Å²) in [7, 11) is 0. The van der Waals surface area contributed by atoms with E-state index in [4.69, 9.17) is 11.6 Å². The number of rotatable bonds is 3. The zero-order valence-corrected chi connectivity index (χ0v) is 14.0. The van der Waals surface area contributed by atoms with E-state index in [1.807, 2.05) is 5.51 Å². The molecule has 23 heavy (non-hydrogen) atoms. The van der Waals surface area contributed by atoms with E-state index in [0.717, 1.165) is 35.1 Å². The molecule has 0 atom stereocenters. The summed E-state index contributed by atoms with van der Waals surface area (Å²) in [6.07, 6.45) is 5.64. The molecule has 1 fully saturated rings. The third-order valence-corrected chi connectivity index (χ3v) is 5.60. The van der Waals surface area contributed by atoms with Gasteiger partial charge in [0.15, 0.2) is 0 Å². The van der Waals surface area contributed by atoms with Crippen LogP contribution < -0.4 is 0 Å². The minimum absolute atomic E-state index is 0.246. The average molecular weight is 344 g/mol. The molecule has 0 radical (unpaired) electrons. The molecule has 1 aliphatic carbocycles. The number of aromatic nitrogens is 1. The van der Waals surface area contributed by atoms with Crippen LogP contribution in [0.15, 0.2) is 41.9 Å². The molecule has 0 amide bonds. The number of fused-ring (bicyclic) bond motifs is 1. The maximum Gasteiger partial charge on any atom is 0.123 e. The van der Waals surface area contributed by atoms with Crippen LogP contribution in [0.3, 0.4) is 0 Å². The molecule has 1 aromatic heterocycles. The van der Waals surface area contributed by atoms with Gasteiger partial charge in [0, 0.05) is 5.02 Å². The smallest absolute Gasteiger partial charge is 0.123 e. The highest BCUT2D eigenvalue weighted by Crippen LogP contribution is 2.42. The van der Waals surface area contributed by atoms with Crippen molar-refractivity contribution >= 4 is 44.8 Å². The normalized spacial score (nSPS) is 15.8. The second-order valence-electron chi connectivity index (χ2n) is 5.93. The van der Waals surface area contributed by atoms with Gasteiger partial charge in [-0.3, -0.25) is 0 Å². The van der Waals surface area contributed by atoms with Crippen LogP contribution >= 0.6 is 22.9 Å². The van der Waals surface area contributed by atoms with Gasteiger partial charge < -0.3 is 0 Å². The monoisotopic (exact) mass is 343 g/mol. The van der Waals surface area contributed by atoms with Crippen molar-refractivity contribution in [1.29, 1.82) is 0 Å². The van der Waals surface area contributed by atoms with Gasteiger partial charge in [0.25, 0.3) is 0 Å². The van der Waals surface area contributed by atoms with Crippen molar-refractivity contribution in [2.24, 2.45) is 5.92 Å². The van der Waals surface area contributed by atoms with Crippen molar-refractivity contribution in [3.8, 4) is 0 Å². The minimum Gasteiger partial charge on any atom is -0.245 e. The summed E-state index contributed by atoms with van der Waals surface area (Å²) >= 11 is 7.98. The molecule has 0 aliphatic heterocycles. The molecule has 1 aliphatic rings. The molecule has 1 heterocycles. The molecule has 4 rings (SSSR count). The van der Waals surface area contributed by atoms with Crippen LogP contribution in [0.2, 0.25) is 5.02 Å². The summed E-state index contributed by atoms with van der Waals surface area (Å²) in [5, 5.41) is 0.610. The zero-order chi connectivity index (χ0) is 15.8. The van der Waals surface area contributed by atoms with E-state index in [9.17, 15) is 4.39 Å².